The average Bonchev–Trinajstić information content (AvgIpc) is 2.66. The van der Waals surface area contributed by atoms with Gasteiger partial charge < -0.3 is 10.6 Å². The average molecular weight is 188 g/mol. The van der Waals surface area contributed by atoms with Crippen LogP contribution >= 0.6 is 0 Å². The third kappa shape index (κ3) is 1.07. The van der Waals surface area contributed by atoms with Crippen LogP contribution in [0.3, 0.4) is 0 Å². The van der Waals surface area contributed by atoms with Crippen molar-refractivity contribution >= 4 is 5.69 Å². The lowest BCUT2D eigenvalue weighted by molar-refractivity contribution is 0.742. The number of piperidine rings is 1. The van der Waals surface area contributed by atoms with E-state index < -0.39 is 0 Å². The van der Waals surface area contributed by atoms with Crippen LogP contribution in [0.1, 0.15) is 5.56 Å². The molecule has 0 radical (unpaired) electrons. The number of para-hydroxylation sites is 1. The lowest BCUT2D eigenvalue weighted by Crippen LogP contribution is -2.28. The summed E-state index contributed by atoms with van der Waals surface area (Å²) in [6.45, 7) is 4.51. The molecule has 2 nitrogen and oxygen atoms in total. The molecule has 2 atom stereocenters. The van der Waals surface area contributed by atoms with Crippen molar-refractivity contribution in [2.75, 3.05) is 18.0 Å². The fraction of sp³-hybridized carbons (Fsp3) is 0.500. The summed E-state index contributed by atoms with van der Waals surface area (Å²) >= 11 is 0. The van der Waals surface area contributed by atoms with Gasteiger partial charge in [-0.2, -0.15) is 0 Å². The maximum atomic E-state index is 5.92. The van der Waals surface area contributed by atoms with Gasteiger partial charge in [0, 0.05) is 24.8 Å². The van der Waals surface area contributed by atoms with E-state index in [0.717, 1.165) is 24.9 Å². The van der Waals surface area contributed by atoms with Crippen LogP contribution in [0.25, 0.3) is 0 Å². The summed E-state index contributed by atoms with van der Waals surface area (Å²) < 4.78 is 0. The largest absolute Gasteiger partial charge is 0.371 e. The minimum absolute atomic E-state index is 0.496. The number of benzene rings is 1. The van der Waals surface area contributed by atoms with Crippen molar-refractivity contribution in [3.05, 3.63) is 29.8 Å². The van der Waals surface area contributed by atoms with Crippen LogP contribution in [0, 0.1) is 18.8 Å². The molecule has 0 amide bonds. The van der Waals surface area contributed by atoms with Crippen LogP contribution < -0.4 is 10.6 Å². The van der Waals surface area contributed by atoms with Gasteiger partial charge in [-0.3, -0.25) is 0 Å². The topological polar surface area (TPSA) is 29.3 Å². The van der Waals surface area contributed by atoms with Crippen LogP contribution in [-0.2, 0) is 0 Å². The first-order valence-electron chi connectivity index (χ1n) is 5.33. The Morgan fingerprint density at radius 2 is 1.86 bits per heavy atom. The van der Waals surface area contributed by atoms with Gasteiger partial charge >= 0.3 is 0 Å². The van der Waals surface area contributed by atoms with Crippen LogP contribution in [0.2, 0.25) is 0 Å². The number of rotatable bonds is 1. The van der Waals surface area contributed by atoms with Gasteiger partial charge in [-0.15, -0.1) is 0 Å². The molecule has 14 heavy (non-hydrogen) atoms. The van der Waals surface area contributed by atoms with Gasteiger partial charge in [0.1, 0.15) is 0 Å². The molecular weight excluding hydrogens is 172 g/mol. The molecule has 1 aromatic carbocycles. The van der Waals surface area contributed by atoms with Crippen molar-refractivity contribution in [1.29, 1.82) is 0 Å². The van der Waals surface area contributed by atoms with Crippen LogP contribution in [0.4, 0.5) is 5.69 Å². The molecule has 1 saturated heterocycles. The molecule has 1 heterocycles. The highest BCUT2D eigenvalue weighted by molar-refractivity contribution is 5.55. The standard InChI is InChI=1S/C12H16N2/c1-8-4-2-3-5-11(8)14-6-9-10(7-14)12(9)13/h2-5,9-10,12H,6-7,13H2,1H3. The van der Waals surface area contributed by atoms with Crippen LogP contribution in [0.5, 0.6) is 0 Å². The highest BCUT2D eigenvalue weighted by atomic mass is 15.2. The molecule has 0 bridgehead atoms. The van der Waals surface area contributed by atoms with E-state index in [0.29, 0.717) is 6.04 Å². The summed E-state index contributed by atoms with van der Waals surface area (Å²) in [5.41, 5.74) is 8.70. The molecule has 1 aliphatic heterocycles. The zero-order valence-electron chi connectivity index (χ0n) is 8.48. The molecule has 74 valence electrons. The summed E-state index contributed by atoms with van der Waals surface area (Å²) in [5.74, 6) is 1.55. The van der Waals surface area contributed by atoms with E-state index in [4.69, 9.17) is 5.73 Å². The van der Waals surface area contributed by atoms with Crippen molar-refractivity contribution in [2.24, 2.45) is 17.6 Å². The van der Waals surface area contributed by atoms with Gasteiger partial charge in [-0.1, -0.05) is 18.2 Å². The van der Waals surface area contributed by atoms with E-state index in [2.05, 4.69) is 36.1 Å². The second kappa shape index (κ2) is 2.74. The first kappa shape index (κ1) is 8.30. The third-order valence-electron chi connectivity index (χ3n) is 3.72. The molecule has 2 unspecified atom stereocenters. The highest BCUT2D eigenvalue weighted by Crippen LogP contribution is 2.45. The van der Waals surface area contributed by atoms with Crippen LogP contribution in [-0.4, -0.2) is 19.1 Å². The Balaban J connectivity index is 1.82. The Bertz CT molecular complexity index is 349. The van der Waals surface area contributed by atoms with Crippen molar-refractivity contribution in [3.8, 4) is 0 Å². The lowest BCUT2D eigenvalue weighted by Gasteiger charge is -2.23. The predicted octanol–water partition coefficient (Wildman–Crippen LogP) is 1.39. The Hall–Kier alpha value is -1.02. The first-order chi connectivity index (χ1) is 6.77. The van der Waals surface area contributed by atoms with Gasteiger partial charge in [0.05, 0.1) is 0 Å². The number of hydrogen-bond acceptors (Lipinski definition) is 2. The zero-order chi connectivity index (χ0) is 9.71. The number of nitrogens with two attached hydrogens (primary N) is 1. The Morgan fingerprint density at radius 1 is 1.21 bits per heavy atom. The summed E-state index contributed by atoms with van der Waals surface area (Å²) in [5, 5.41) is 0. The summed E-state index contributed by atoms with van der Waals surface area (Å²) in [6, 6.07) is 9.11. The van der Waals surface area contributed by atoms with E-state index >= 15 is 0 Å². The fourth-order valence-corrected chi connectivity index (χ4v) is 2.69. The fourth-order valence-electron chi connectivity index (χ4n) is 2.69. The molecule has 1 aromatic rings. The van der Waals surface area contributed by atoms with Crippen molar-refractivity contribution in [1.82, 2.24) is 0 Å². The van der Waals surface area contributed by atoms with Gasteiger partial charge in [-0.05, 0) is 30.4 Å². The first-order valence-corrected chi connectivity index (χ1v) is 5.33. The van der Waals surface area contributed by atoms with E-state index in [-0.39, 0.29) is 0 Å². The molecule has 2 heteroatoms. The number of anilines is 1. The molecule has 2 N–H and O–H groups in total. The Labute approximate surface area is 84.7 Å². The van der Waals surface area contributed by atoms with E-state index in [1.807, 2.05) is 0 Å². The second-order valence-electron chi connectivity index (χ2n) is 4.60. The molecule has 2 fully saturated rings. The number of fused-ring (bicyclic) bond motifs is 1. The minimum atomic E-state index is 0.496. The smallest absolute Gasteiger partial charge is 0.0396 e. The van der Waals surface area contributed by atoms with E-state index in [9.17, 15) is 0 Å². The summed E-state index contributed by atoms with van der Waals surface area (Å²) in [4.78, 5) is 2.48. The molecular formula is C12H16N2. The third-order valence-corrected chi connectivity index (χ3v) is 3.72. The van der Waals surface area contributed by atoms with Gasteiger partial charge in [0.2, 0.25) is 0 Å². The maximum absolute atomic E-state index is 5.92. The molecule has 1 saturated carbocycles. The lowest BCUT2D eigenvalue weighted by atomic mass is 10.2. The molecule has 1 aliphatic carbocycles. The SMILES string of the molecule is Cc1ccccc1N1CC2C(N)C2C1. The summed E-state index contributed by atoms with van der Waals surface area (Å²) in [7, 11) is 0. The van der Waals surface area contributed by atoms with Crippen molar-refractivity contribution in [3.63, 3.8) is 0 Å². The van der Waals surface area contributed by atoms with E-state index in [1.165, 1.54) is 11.3 Å². The zero-order valence-corrected chi connectivity index (χ0v) is 8.48. The number of aryl methyl sites for hydroxylation is 1. The van der Waals surface area contributed by atoms with Crippen molar-refractivity contribution in [2.45, 2.75) is 13.0 Å². The quantitative estimate of drug-likeness (QED) is 0.721. The monoisotopic (exact) mass is 188 g/mol. The minimum Gasteiger partial charge on any atom is -0.371 e. The number of nitrogens with zero attached hydrogens (tertiary/aromatic N) is 1. The van der Waals surface area contributed by atoms with Gasteiger partial charge in [-0.25, -0.2) is 0 Å². The molecule has 0 aromatic heterocycles. The number of hydrogen-bond donors (Lipinski definition) is 1. The van der Waals surface area contributed by atoms with Crippen LogP contribution in [0.15, 0.2) is 24.3 Å². The van der Waals surface area contributed by atoms with Gasteiger partial charge in [0.15, 0.2) is 0 Å². The molecule has 2 aliphatic rings. The normalized spacial score (nSPS) is 34.4. The van der Waals surface area contributed by atoms with Crippen molar-refractivity contribution < 1.29 is 0 Å². The summed E-state index contributed by atoms with van der Waals surface area (Å²) in [6.07, 6.45) is 0. The predicted molar refractivity (Wildman–Crippen MR) is 58.3 cm³/mol. The second-order valence-corrected chi connectivity index (χ2v) is 4.60. The highest BCUT2D eigenvalue weighted by Gasteiger charge is 2.53. The van der Waals surface area contributed by atoms with Gasteiger partial charge in [0.25, 0.3) is 0 Å². The Morgan fingerprint density at radius 3 is 2.50 bits per heavy atom. The van der Waals surface area contributed by atoms with E-state index in [1.54, 1.807) is 0 Å². The Kier molecular flexibility index (Phi) is 1.62. The molecule has 0 spiro atoms. The molecule has 3 rings (SSSR count). The maximum Gasteiger partial charge on any atom is 0.0396 e.